The number of para-hydroxylation sites is 1. The average molecular weight is 402 g/mol. The number of unbranched alkanes of at least 4 members (excludes halogenated alkanes) is 1. The number of hydrogen-bond acceptors (Lipinski definition) is 3. The molecule has 0 saturated carbocycles. The van der Waals surface area contributed by atoms with Gasteiger partial charge in [0.2, 0.25) is 5.52 Å². The fourth-order valence-electron chi connectivity index (χ4n) is 3.58. The fourth-order valence-corrected chi connectivity index (χ4v) is 4.62. The van der Waals surface area contributed by atoms with Crippen molar-refractivity contribution in [2.45, 2.75) is 19.4 Å². The van der Waals surface area contributed by atoms with E-state index in [9.17, 15) is 0 Å². The number of fused-ring (bicyclic) bond motifs is 1. The van der Waals surface area contributed by atoms with Crippen LogP contribution in [0.3, 0.4) is 0 Å². The molecule has 4 heteroatoms. The first-order valence-electron chi connectivity index (χ1n) is 9.88. The number of thiazole rings is 1. The lowest BCUT2D eigenvalue weighted by atomic mass is 10.0. The molecule has 3 nitrogen and oxygen atoms in total. The molecule has 0 bridgehead atoms. The molecule has 146 valence electrons. The van der Waals surface area contributed by atoms with Crippen molar-refractivity contribution in [2.24, 2.45) is 0 Å². The first-order valence-corrected chi connectivity index (χ1v) is 10.7. The predicted molar refractivity (Wildman–Crippen MR) is 123 cm³/mol. The van der Waals surface area contributed by atoms with Gasteiger partial charge < -0.3 is 10.5 Å². The summed E-state index contributed by atoms with van der Waals surface area (Å²) in [6.45, 7) is 5.65. The predicted octanol–water partition coefficient (Wildman–Crippen LogP) is 5.94. The Balaban J connectivity index is 1.58. The first kappa shape index (κ1) is 19.2. The SMILES string of the molecule is C=Cc1sc2ccc(N)c(-c3ccccc3)c2[n+]1CCCCOc1ccccc1. The highest BCUT2D eigenvalue weighted by Gasteiger charge is 2.24. The summed E-state index contributed by atoms with van der Waals surface area (Å²) < 4.78 is 9.42. The molecule has 1 aromatic heterocycles. The number of nitrogens with zero attached hydrogens (tertiary/aromatic N) is 1. The molecule has 0 aliphatic rings. The Bertz CT molecular complexity index is 1100. The third-order valence-corrected chi connectivity index (χ3v) is 6.09. The second-order valence-corrected chi connectivity index (χ2v) is 7.97. The topological polar surface area (TPSA) is 39.1 Å². The molecular formula is C25H25N2OS+. The molecule has 0 aliphatic carbocycles. The van der Waals surface area contributed by atoms with Crippen LogP contribution < -0.4 is 15.0 Å². The van der Waals surface area contributed by atoms with Gasteiger partial charge in [-0.05, 0) is 36.2 Å². The summed E-state index contributed by atoms with van der Waals surface area (Å²) in [7, 11) is 0. The van der Waals surface area contributed by atoms with Gasteiger partial charge in [0, 0.05) is 18.2 Å². The lowest BCUT2D eigenvalue weighted by Gasteiger charge is -2.07. The summed E-state index contributed by atoms with van der Waals surface area (Å²) in [6, 6.07) is 24.5. The van der Waals surface area contributed by atoms with Crippen molar-refractivity contribution in [1.82, 2.24) is 0 Å². The van der Waals surface area contributed by atoms with E-state index < -0.39 is 0 Å². The Kier molecular flexibility index (Phi) is 5.92. The molecule has 0 unspecified atom stereocenters. The number of nitrogen functional groups attached to an aromatic ring is 1. The van der Waals surface area contributed by atoms with Crippen LogP contribution in [0.4, 0.5) is 5.69 Å². The fraction of sp³-hybridized carbons (Fsp3) is 0.160. The molecule has 4 rings (SSSR count). The molecule has 0 radical (unpaired) electrons. The maximum atomic E-state index is 6.42. The minimum atomic E-state index is 0.712. The maximum absolute atomic E-state index is 6.42. The Hall–Kier alpha value is -3.11. The van der Waals surface area contributed by atoms with Crippen LogP contribution in [0.2, 0.25) is 0 Å². The zero-order valence-electron chi connectivity index (χ0n) is 16.4. The van der Waals surface area contributed by atoms with Gasteiger partial charge in [-0.2, -0.15) is 4.57 Å². The molecular weight excluding hydrogens is 376 g/mol. The first-order chi connectivity index (χ1) is 14.3. The van der Waals surface area contributed by atoms with E-state index in [0.717, 1.165) is 47.0 Å². The van der Waals surface area contributed by atoms with E-state index in [4.69, 9.17) is 10.5 Å². The molecule has 0 aliphatic heterocycles. The summed E-state index contributed by atoms with van der Waals surface area (Å²) in [5.74, 6) is 0.923. The smallest absolute Gasteiger partial charge is 0.262 e. The highest BCUT2D eigenvalue weighted by molar-refractivity contribution is 7.19. The lowest BCUT2D eigenvalue weighted by Crippen LogP contribution is -2.35. The number of aryl methyl sites for hydroxylation is 1. The van der Waals surface area contributed by atoms with Crippen molar-refractivity contribution < 1.29 is 9.30 Å². The molecule has 0 fully saturated rings. The van der Waals surface area contributed by atoms with Gasteiger partial charge in [-0.25, -0.2) is 0 Å². The maximum Gasteiger partial charge on any atom is 0.262 e. The van der Waals surface area contributed by atoms with Crippen LogP contribution in [0.25, 0.3) is 27.4 Å². The van der Waals surface area contributed by atoms with Gasteiger partial charge in [0.25, 0.3) is 5.01 Å². The van der Waals surface area contributed by atoms with Gasteiger partial charge in [-0.3, -0.25) is 0 Å². The minimum Gasteiger partial charge on any atom is -0.494 e. The van der Waals surface area contributed by atoms with Crippen LogP contribution in [0.1, 0.15) is 17.8 Å². The number of aromatic nitrogens is 1. The number of nitrogens with two attached hydrogens (primary N) is 1. The summed E-state index contributed by atoms with van der Waals surface area (Å²) in [6.07, 6.45) is 3.95. The third-order valence-electron chi connectivity index (χ3n) is 4.95. The Morgan fingerprint density at radius 2 is 1.66 bits per heavy atom. The molecule has 4 aromatic rings. The van der Waals surface area contributed by atoms with Crippen LogP contribution in [-0.4, -0.2) is 6.61 Å². The monoisotopic (exact) mass is 401 g/mol. The van der Waals surface area contributed by atoms with Crippen LogP contribution >= 0.6 is 11.3 Å². The van der Waals surface area contributed by atoms with Gasteiger partial charge in [0.05, 0.1) is 12.2 Å². The zero-order valence-corrected chi connectivity index (χ0v) is 17.2. The van der Waals surface area contributed by atoms with Gasteiger partial charge in [0.15, 0.2) is 6.54 Å². The van der Waals surface area contributed by atoms with E-state index in [-0.39, 0.29) is 0 Å². The van der Waals surface area contributed by atoms with Gasteiger partial charge in [-0.1, -0.05) is 66.4 Å². The number of rotatable bonds is 8. The normalized spacial score (nSPS) is 10.9. The van der Waals surface area contributed by atoms with Gasteiger partial charge >= 0.3 is 0 Å². The summed E-state index contributed by atoms with van der Waals surface area (Å²) in [5, 5.41) is 1.16. The molecule has 0 atom stereocenters. The Morgan fingerprint density at radius 1 is 0.931 bits per heavy atom. The minimum absolute atomic E-state index is 0.712. The summed E-state index contributed by atoms with van der Waals surface area (Å²) >= 11 is 1.76. The molecule has 0 spiro atoms. The third kappa shape index (κ3) is 4.17. The summed E-state index contributed by atoms with van der Waals surface area (Å²) in [5.41, 5.74) is 10.7. The quantitative estimate of drug-likeness (QED) is 0.225. The number of ether oxygens (including phenoxy) is 1. The van der Waals surface area contributed by atoms with E-state index >= 15 is 0 Å². The number of hydrogen-bond donors (Lipinski definition) is 1. The molecule has 1 heterocycles. The molecule has 29 heavy (non-hydrogen) atoms. The standard InChI is InChI=1S/C25H25N2OS/c1-2-23-27(17-9-10-18-28-20-13-7-4-8-14-20)25-22(29-23)16-15-21(26)24(25)19-11-5-3-6-12-19/h2-8,11-16H,1,9-10,17-18,26H2/q+1. The second kappa shape index (κ2) is 8.93. The van der Waals surface area contributed by atoms with Gasteiger partial charge in [0.1, 0.15) is 10.4 Å². The Morgan fingerprint density at radius 3 is 2.38 bits per heavy atom. The van der Waals surface area contributed by atoms with Crippen molar-refractivity contribution in [3.05, 3.63) is 84.4 Å². The van der Waals surface area contributed by atoms with E-state index in [2.05, 4.69) is 41.5 Å². The van der Waals surface area contributed by atoms with E-state index in [1.807, 2.05) is 48.5 Å². The molecule has 3 aromatic carbocycles. The van der Waals surface area contributed by atoms with Gasteiger partial charge in [-0.15, -0.1) is 0 Å². The lowest BCUT2D eigenvalue weighted by molar-refractivity contribution is -0.668. The van der Waals surface area contributed by atoms with Crippen molar-refractivity contribution in [2.75, 3.05) is 12.3 Å². The van der Waals surface area contributed by atoms with Crippen molar-refractivity contribution in [3.63, 3.8) is 0 Å². The van der Waals surface area contributed by atoms with Crippen LogP contribution in [-0.2, 0) is 6.54 Å². The number of benzene rings is 3. The largest absolute Gasteiger partial charge is 0.494 e. The van der Waals surface area contributed by atoms with E-state index in [1.165, 1.54) is 10.2 Å². The number of anilines is 1. The molecule has 0 saturated heterocycles. The van der Waals surface area contributed by atoms with Crippen LogP contribution in [0.5, 0.6) is 5.75 Å². The summed E-state index contributed by atoms with van der Waals surface area (Å²) in [4.78, 5) is 0. The van der Waals surface area contributed by atoms with Crippen LogP contribution in [0, 0.1) is 0 Å². The van der Waals surface area contributed by atoms with E-state index in [0.29, 0.717) is 6.61 Å². The highest BCUT2D eigenvalue weighted by atomic mass is 32.1. The van der Waals surface area contributed by atoms with Crippen molar-refractivity contribution >= 4 is 33.3 Å². The second-order valence-electron chi connectivity index (χ2n) is 6.91. The highest BCUT2D eigenvalue weighted by Crippen LogP contribution is 2.35. The van der Waals surface area contributed by atoms with Crippen molar-refractivity contribution in [3.8, 4) is 16.9 Å². The Labute approximate surface area is 175 Å². The van der Waals surface area contributed by atoms with E-state index in [1.54, 1.807) is 11.3 Å². The van der Waals surface area contributed by atoms with Crippen molar-refractivity contribution in [1.29, 1.82) is 0 Å². The zero-order chi connectivity index (χ0) is 20.1. The molecule has 0 amide bonds. The average Bonchev–Trinajstić information content (AvgIpc) is 3.12. The molecule has 2 N–H and O–H groups in total. The van der Waals surface area contributed by atoms with Crippen LogP contribution in [0.15, 0.2) is 79.4 Å².